The Hall–Kier alpha value is -19.3. The summed E-state index contributed by atoms with van der Waals surface area (Å²) in [5.41, 5.74) is 64.6. The third-order valence-electron chi connectivity index (χ3n) is 33.1. The van der Waals surface area contributed by atoms with Crippen molar-refractivity contribution in [1.29, 1.82) is 0 Å². The van der Waals surface area contributed by atoms with Gasteiger partial charge in [-0.1, -0.05) is 394 Å². The number of hydrogen-bond acceptors (Lipinski definition) is 8. The molecule has 150 heavy (non-hydrogen) atoms. The van der Waals surface area contributed by atoms with E-state index in [0.29, 0.717) is 0 Å². The number of para-hydroxylation sites is 10. The summed E-state index contributed by atoms with van der Waals surface area (Å²) in [5.74, 6) is 0. The van der Waals surface area contributed by atoms with E-state index >= 15 is 0 Å². The highest BCUT2D eigenvalue weighted by molar-refractivity contribution is 6.98. The van der Waals surface area contributed by atoms with Crippen LogP contribution < -0.4 is 82.5 Å². The molecule has 23 aromatic rings. The van der Waals surface area contributed by atoms with Gasteiger partial charge in [0.1, 0.15) is 0 Å². The van der Waals surface area contributed by atoms with E-state index in [-0.39, 0.29) is 27.4 Å². The molecule has 0 saturated carbocycles. The fourth-order valence-corrected chi connectivity index (χ4v) is 27.3. The summed E-state index contributed by atoms with van der Waals surface area (Å²) in [5, 5.41) is 0. The monoisotopic (exact) mass is 1900 g/mol. The molecule has 0 radical (unpaired) electrons. The molecule has 0 unspecified atom stereocenters. The van der Waals surface area contributed by atoms with Crippen LogP contribution in [0, 0.1) is 0 Å². The standard InChI is InChI=1S/3C36H23BN2.C30H19BN2/c1-2-12-24(13-3-1)25-14-4-7-19-30(25)38-33-22-10-17-28-26-15-5-8-20-31(26)39-32-21-9-6-16-27(32)29-18-11-23-34(38)36(29)37(39)35(28)33;1-2-11-24(12-3-1)25-13-8-14-26(23-25)38-33-21-9-17-29-27-15-4-6-19-31(27)39-32-20-7-5-16-28(32)30-18-10-22-34(38)36(30)37(39)35(29)33;1-2-10-24(11-3-1)25-20-22-26(23-21-25)38-33-18-8-14-29-27-12-4-6-16-31(27)39-32-17-7-5-13-28(32)30-15-9-19-34(38)36(30)37(39)35(29)33;1-2-10-20(11-3-1)32-27-18-8-14-23-21-12-4-6-16-25(21)33-26-17-7-5-13-22(26)24-15-9-19-28(32)30(24)31(33)29(23)27/h3*1-23H;1-19H. The number of anilines is 20. The van der Waals surface area contributed by atoms with Crippen LogP contribution >= 0.6 is 0 Å². The van der Waals surface area contributed by atoms with E-state index in [1.807, 2.05) is 0 Å². The Bertz CT molecular complexity index is 9200. The van der Waals surface area contributed by atoms with Gasteiger partial charge in [0.05, 0.1) is 5.69 Å². The summed E-state index contributed by atoms with van der Waals surface area (Å²) < 4.78 is 0. The molecule has 0 aliphatic carbocycles. The van der Waals surface area contributed by atoms with Gasteiger partial charge in [0, 0.05) is 158 Å². The molecular weight excluding hydrogens is 1810 g/mol. The molecule has 0 bridgehead atoms. The lowest BCUT2D eigenvalue weighted by Crippen LogP contribution is -2.63. The predicted octanol–water partition coefficient (Wildman–Crippen LogP) is 30.5. The highest BCUT2D eigenvalue weighted by Crippen LogP contribution is 2.59. The lowest BCUT2D eigenvalue weighted by atomic mass is 9.41. The topological polar surface area (TPSA) is 25.9 Å². The van der Waals surface area contributed by atoms with Crippen molar-refractivity contribution in [1.82, 2.24) is 0 Å². The predicted molar refractivity (Wildman–Crippen MR) is 633 cm³/mol. The average molecular weight is 1900 g/mol. The highest BCUT2D eigenvalue weighted by atomic mass is 15.2. The largest absolute Gasteiger partial charge is 0.376 e. The van der Waals surface area contributed by atoms with Gasteiger partial charge >= 0.3 is 27.4 Å². The Kier molecular flexibility index (Phi) is 18.6. The van der Waals surface area contributed by atoms with E-state index in [2.05, 4.69) is 573 Å². The van der Waals surface area contributed by atoms with Crippen LogP contribution in [0.2, 0.25) is 0 Å². The lowest BCUT2D eigenvalue weighted by Gasteiger charge is -2.49. The van der Waals surface area contributed by atoms with Crippen molar-refractivity contribution in [3.05, 3.63) is 534 Å². The van der Waals surface area contributed by atoms with E-state index in [1.54, 1.807) is 0 Å². The molecule has 12 aliphatic rings. The molecule has 0 spiro atoms. The van der Waals surface area contributed by atoms with Crippen molar-refractivity contribution >= 4 is 185 Å². The maximum absolute atomic E-state index is 2.59. The number of fused-ring (bicyclic) bond motifs is 24. The summed E-state index contributed by atoms with van der Waals surface area (Å²) in [7, 11) is 0. The fraction of sp³-hybridized carbons (Fsp3) is 0. The Morgan fingerprint density at radius 3 is 0.553 bits per heavy atom. The third-order valence-corrected chi connectivity index (χ3v) is 33.1. The summed E-state index contributed by atoms with van der Waals surface area (Å²) >= 11 is 0. The van der Waals surface area contributed by atoms with E-state index in [9.17, 15) is 0 Å². The minimum Gasteiger partial charge on any atom is -0.376 e. The second kappa shape index (κ2) is 33.1. The van der Waals surface area contributed by atoms with Crippen molar-refractivity contribution in [2.45, 2.75) is 0 Å². The molecule has 12 heterocycles. The van der Waals surface area contributed by atoms with E-state index in [4.69, 9.17) is 0 Å². The van der Waals surface area contributed by atoms with Gasteiger partial charge in [0.15, 0.2) is 0 Å². The van der Waals surface area contributed by atoms with Gasteiger partial charge in [-0.3, -0.25) is 0 Å². The number of nitrogens with zero attached hydrogens (tertiary/aromatic N) is 8. The third kappa shape index (κ3) is 12.1. The van der Waals surface area contributed by atoms with Gasteiger partial charge in [-0.2, -0.15) is 0 Å². The molecule has 692 valence electrons. The molecule has 23 aromatic carbocycles. The Labute approximate surface area is 873 Å². The Morgan fingerprint density at radius 2 is 0.273 bits per heavy atom. The first-order chi connectivity index (χ1) is 74.6. The zero-order valence-corrected chi connectivity index (χ0v) is 81.7. The minimum atomic E-state index is 0.118. The average Bonchev–Trinajstić information content (AvgIpc) is 0.693. The first-order valence-electron chi connectivity index (χ1n) is 52.2. The molecule has 0 N–H and O–H groups in total. The van der Waals surface area contributed by atoms with Crippen LogP contribution in [-0.2, 0) is 0 Å². The molecule has 35 rings (SSSR count). The molecule has 8 nitrogen and oxygen atoms in total. The van der Waals surface area contributed by atoms with E-state index in [1.165, 1.54) is 280 Å². The minimum absolute atomic E-state index is 0.118. The van der Waals surface area contributed by atoms with Crippen molar-refractivity contribution in [3.63, 3.8) is 0 Å². The van der Waals surface area contributed by atoms with Gasteiger partial charge in [-0.15, -0.1) is 0 Å². The smallest absolute Gasteiger partial charge is 0.333 e. The highest BCUT2D eigenvalue weighted by Gasteiger charge is 2.55. The van der Waals surface area contributed by atoms with Crippen molar-refractivity contribution in [3.8, 4) is 122 Å². The molecule has 0 amide bonds. The van der Waals surface area contributed by atoms with Crippen LogP contribution in [0.25, 0.3) is 122 Å². The van der Waals surface area contributed by atoms with Crippen LogP contribution in [0.4, 0.5) is 114 Å². The second-order valence-corrected chi connectivity index (χ2v) is 40.5. The molecule has 0 fully saturated rings. The van der Waals surface area contributed by atoms with Crippen LogP contribution in [0.5, 0.6) is 0 Å². The number of hydrogen-bond donors (Lipinski definition) is 0. The molecule has 0 atom stereocenters. The maximum atomic E-state index is 2.59. The molecular formula is C138H88B4N8. The fourth-order valence-electron chi connectivity index (χ4n) is 27.3. The van der Waals surface area contributed by atoms with Crippen LogP contribution in [0.3, 0.4) is 0 Å². The van der Waals surface area contributed by atoms with Gasteiger partial charge in [-0.05, 0) is 256 Å². The Morgan fingerprint density at radius 1 is 0.100 bits per heavy atom. The van der Waals surface area contributed by atoms with Crippen LogP contribution in [-0.4, -0.2) is 27.4 Å². The lowest BCUT2D eigenvalue weighted by molar-refractivity contribution is 1.26. The van der Waals surface area contributed by atoms with Crippen molar-refractivity contribution in [2.75, 3.05) is 38.8 Å². The Balaban J connectivity index is 0.0000000884. The SMILES string of the molecule is c1ccc(-c2ccc(N3c4cccc5c4B4c6c(cccc63)-c3ccccc3N4c3ccccc3-5)cc2)cc1.c1ccc(-c2cccc(N3c4cccc5c4B4c6c(cccc63)-c3ccccc3N4c3ccccc3-5)c2)cc1.c1ccc(-c2ccccc2N2c3cccc4c3B3c5c(cccc52)-c2ccccc2N3c2ccccc2-4)cc1.c1ccc(N2c3cccc4c3B3c5c(cccc52)-c2ccccc2N3c2ccccc2-4)cc1. The van der Waals surface area contributed by atoms with E-state index < -0.39 is 0 Å². The molecule has 0 aromatic heterocycles. The summed E-state index contributed by atoms with van der Waals surface area (Å²) in [6.07, 6.45) is 0. The van der Waals surface area contributed by atoms with Crippen LogP contribution in [0.15, 0.2) is 534 Å². The summed E-state index contributed by atoms with van der Waals surface area (Å²) in [4.78, 5) is 20.3. The van der Waals surface area contributed by atoms with Crippen molar-refractivity contribution in [2.24, 2.45) is 0 Å². The van der Waals surface area contributed by atoms with E-state index in [0.717, 1.165) is 0 Å². The second-order valence-electron chi connectivity index (χ2n) is 40.5. The molecule has 12 aliphatic heterocycles. The zero-order valence-electron chi connectivity index (χ0n) is 81.7. The summed E-state index contributed by atoms with van der Waals surface area (Å²) in [6.45, 7) is 0.535. The number of rotatable bonds is 7. The van der Waals surface area contributed by atoms with Crippen molar-refractivity contribution < 1.29 is 0 Å². The quantitative estimate of drug-likeness (QED) is 0.146. The normalized spacial score (nSPS) is 13.6. The molecule has 12 heteroatoms. The zero-order chi connectivity index (χ0) is 98.0. The van der Waals surface area contributed by atoms with Gasteiger partial charge in [0.25, 0.3) is 0 Å². The van der Waals surface area contributed by atoms with Crippen LogP contribution in [0.1, 0.15) is 0 Å². The first kappa shape index (κ1) is 84.1. The van der Waals surface area contributed by atoms with Gasteiger partial charge in [-0.25, -0.2) is 0 Å². The molecule has 0 saturated heterocycles. The van der Waals surface area contributed by atoms with Gasteiger partial charge < -0.3 is 38.8 Å². The maximum Gasteiger partial charge on any atom is 0.333 e. The number of benzene rings is 23. The van der Waals surface area contributed by atoms with Gasteiger partial charge in [0.2, 0.25) is 0 Å². The first-order valence-corrected chi connectivity index (χ1v) is 52.2. The summed E-state index contributed by atoms with van der Waals surface area (Å²) in [6, 6.07) is 195.